The minimum atomic E-state index is -1.05. The van der Waals surface area contributed by atoms with Gasteiger partial charge in [-0.15, -0.1) is 0 Å². The van der Waals surface area contributed by atoms with Crippen molar-refractivity contribution in [2.75, 3.05) is 13.2 Å². The van der Waals surface area contributed by atoms with E-state index < -0.39 is 24.2 Å². The minimum absolute atomic E-state index is 0.0831. The van der Waals surface area contributed by atoms with E-state index >= 15 is 0 Å². The van der Waals surface area contributed by atoms with E-state index in [0.29, 0.717) is 0 Å². The van der Waals surface area contributed by atoms with Crippen LogP contribution in [0.2, 0.25) is 0 Å². The summed E-state index contributed by atoms with van der Waals surface area (Å²) in [5.41, 5.74) is 0.186. The van der Waals surface area contributed by atoms with Crippen LogP contribution in [0, 0.1) is 0 Å². The average molecular weight is 281 g/mol. The molecule has 0 bridgehead atoms. The summed E-state index contributed by atoms with van der Waals surface area (Å²) in [5.74, 6) is -1.05. The van der Waals surface area contributed by atoms with Crippen molar-refractivity contribution in [3.05, 3.63) is 35.9 Å². The lowest BCUT2D eigenvalue weighted by Gasteiger charge is -2.25. The number of alkyl carbamates (subject to hydrolysis) is 1. The second-order valence-electron chi connectivity index (χ2n) is 4.96. The smallest absolute Gasteiger partial charge is 0.407 e. The van der Waals surface area contributed by atoms with Crippen LogP contribution in [0.4, 0.5) is 4.79 Å². The third kappa shape index (κ3) is 6.75. The molecule has 0 aromatic heterocycles. The van der Waals surface area contributed by atoms with Gasteiger partial charge in [-0.2, -0.15) is 0 Å². The van der Waals surface area contributed by atoms with Crippen LogP contribution in [0.1, 0.15) is 19.4 Å². The summed E-state index contributed by atoms with van der Waals surface area (Å²) in [6.07, 6.45) is -0.572. The van der Waals surface area contributed by atoms with Gasteiger partial charge in [0.25, 0.3) is 0 Å². The van der Waals surface area contributed by atoms with E-state index in [1.54, 1.807) is 13.8 Å². The number of carboxylic acids is 1. The van der Waals surface area contributed by atoms with Crippen LogP contribution in [0.25, 0.3) is 0 Å². The Morgan fingerprint density at radius 1 is 1.25 bits per heavy atom. The maximum atomic E-state index is 11.6. The maximum absolute atomic E-state index is 11.6. The van der Waals surface area contributed by atoms with Crippen molar-refractivity contribution in [1.29, 1.82) is 0 Å². The summed E-state index contributed by atoms with van der Waals surface area (Å²) in [6, 6.07) is 9.32. The molecule has 0 aliphatic rings. The molecule has 1 amide bonds. The molecule has 0 saturated carbocycles. The molecule has 1 rings (SSSR count). The second-order valence-corrected chi connectivity index (χ2v) is 4.96. The lowest BCUT2D eigenvalue weighted by atomic mass is 10.1. The van der Waals surface area contributed by atoms with Crippen molar-refractivity contribution >= 4 is 12.1 Å². The highest BCUT2D eigenvalue weighted by Crippen LogP contribution is 2.05. The fraction of sp³-hybridized carbons (Fsp3) is 0.429. The van der Waals surface area contributed by atoms with Crippen molar-refractivity contribution in [1.82, 2.24) is 5.32 Å². The first-order valence-electron chi connectivity index (χ1n) is 6.17. The lowest BCUT2D eigenvalue weighted by molar-refractivity contribution is -0.142. The Labute approximate surface area is 117 Å². The molecule has 110 valence electrons. The highest BCUT2D eigenvalue weighted by Gasteiger charge is 2.22. The van der Waals surface area contributed by atoms with E-state index in [1.807, 2.05) is 30.3 Å². The molecule has 0 fully saturated rings. The topological polar surface area (TPSA) is 84.9 Å². The Morgan fingerprint density at radius 3 is 2.50 bits per heavy atom. The molecule has 0 aliphatic carbocycles. The van der Waals surface area contributed by atoms with E-state index in [9.17, 15) is 9.59 Å². The summed E-state index contributed by atoms with van der Waals surface area (Å²) >= 11 is 0. The first-order valence-corrected chi connectivity index (χ1v) is 6.17. The van der Waals surface area contributed by atoms with Crippen LogP contribution >= 0.6 is 0 Å². The van der Waals surface area contributed by atoms with E-state index in [1.165, 1.54) is 0 Å². The van der Waals surface area contributed by atoms with Gasteiger partial charge in [0.1, 0.15) is 13.2 Å². The number of rotatable bonds is 7. The molecular weight excluding hydrogens is 262 g/mol. The number of carboxylic acid groups (broad SMARTS) is 1. The largest absolute Gasteiger partial charge is 0.480 e. The minimum Gasteiger partial charge on any atom is -0.480 e. The molecule has 1 aromatic carbocycles. The average Bonchev–Trinajstić information content (AvgIpc) is 2.36. The Hall–Kier alpha value is -2.08. The normalized spacial score (nSPS) is 10.9. The standard InChI is InChI=1S/C14H19NO5/c1-14(2,10-19-9-12(16)17)15-13(18)20-8-11-6-4-3-5-7-11/h3-7H,8-10H2,1-2H3,(H,15,18)(H,16,17). The lowest BCUT2D eigenvalue weighted by Crippen LogP contribution is -2.47. The van der Waals surface area contributed by atoms with Crippen LogP contribution in [-0.4, -0.2) is 35.9 Å². The van der Waals surface area contributed by atoms with Gasteiger partial charge < -0.3 is 19.9 Å². The van der Waals surface area contributed by atoms with Gasteiger partial charge in [-0.25, -0.2) is 9.59 Å². The van der Waals surface area contributed by atoms with Gasteiger partial charge in [0, 0.05) is 0 Å². The summed E-state index contributed by atoms with van der Waals surface area (Å²) in [7, 11) is 0. The molecule has 0 radical (unpaired) electrons. The number of carbonyl (C=O) groups is 2. The number of hydrogen-bond acceptors (Lipinski definition) is 4. The zero-order chi connectivity index (χ0) is 15.0. The third-order valence-corrected chi connectivity index (χ3v) is 2.34. The van der Waals surface area contributed by atoms with Gasteiger partial charge >= 0.3 is 12.1 Å². The van der Waals surface area contributed by atoms with Gasteiger partial charge in [0.15, 0.2) is 0 Å². The molecule has 0 spiro atoms. The number of nitrogens with one attached hydrogen (secondary N) is 1. The van der Waals surface area contributed by atoms with Gasteiger partial charge in [0.2, 0.25) is 0 Å². The van der Waals surface area contributed by atoms with Crippen LogP contribution in [0.5, 0.6) is 0 Å². The second kappa shape index (κ2) is 7.49. The molecule has 0 heterocycles. The number of carbonyl (C=O) groups excluding carboxylic acids is 1. The van der Waals surface area contributed by atoms with E-state index in [2.05, 4.69) is 5.32 Å². The van der Waals surface area contributed by atoms with E-state index in [-0.39, 0.29) is 13.2 Å². The summed E-state index contributed by atoms with van der Waals surface area (Å²) in [5, 5.41) is 11.1. The highest BCUT2D eigenvalue weighted by molar-refractivity contribution is 5.68. The third-order valence-electron chi connectivity index (χ3n) is 2.34. The molecule has 0 aliphatic heterocycles. The molecule has 0 saturated heterocycles. The first kappa shape index (κ1) is 16.0. The summed E-state index contributed by atoms with van der Waals surface area (Å²) in [6.45, 7) is 3.31. The number of ether oxygens (including phenoxy) is 2. The van der Waals surface area contributed by atoms with Gasteiger partial charge in [-0.1, -0.05) is 30.3 Å². The Balaban J connectivity index is 2.31. The Bertz CT molecular complexity index is 444. The number of benzene rings is 1. The molecule has 0 unspecified atom stereocenters. The fourth-order valence-corrected chi connectivity index (χ4v) is 1.47. The van der Waals surface area contributed by atoms with Crippen molar-refractivity contribution in [2.24, 2.45) is 0 Å². The predicted molar refractivity (Wildman–Crippen MR) is 72.3 cm³/mol. The predicted octanol–water partition coefficient (Wildman–Crippen LogP) is 1.79. The van der Waals surface area contributed by atoms with Gasteiger partial charge in [0.05, 0.1) is 12.1 Å². The Morgan fingerprint density at radius 2 is 1.90 bits per heavy atom. The summed E-state index contributed by atoms with van der Waals surface area (Å²) < 4.78 is 10.0. The zero-order valence-corrected chi connectivity index (χ0v) is 11.6. The molecule has 20 heavy (non-hydrogen) atoms. The molecular formula is C14H19NO5. The van der Waals surface area contributed by atoms with Gasteiger partial charge in [-0.3, -0.25) is 0 Å². The first-order chi connectivity index (χ1) is 9.39. The quantitative estimate of drug-likeness (QED) is 0.796. The van der Waals surface area contributed by atoms with Crippen LogP contribution in [-0.2, 0) is 20.9 Å². The summed E-state index contributed by atoms with van der Waals surface area (Å²) in [4.78, 5) is 22.0. The van der Waals surface area contributed by atoms with Crippen LogP contribution in [0.15, 0.2) is 30.3 Å². The molecule has 0 atom stereocenters. The maximum Gasteiger partial charge on any atom is 0.407 e. The number of amides is 1. The van der Waals surface area contributed by atoms with Crippen molar-refractivity contribution in [3.8, 4) is 0 Å². The number of hydrogen-bond donors (Lipinski definition) is 2. The molecule has 6 heteroatoms. The van der Waals surface area contributed by atoms with Crippen LogP contribution in [0.3, 0.4) is 0 Å². The molecule has 2 N–H and O–H groups in total. The van der Waals surface area contributed by atoms with E-state index in [0.717, 1.165) is 5.56 Å². The van der Waals surface area contributed by atoms with Crippen molar-refractivity contribution in [3.63, 3.8) is 0 Å². The zero-order valence-electron chi connectivity index (χ0n) is 11.6. The fourth-order valence-electron chi connectivity index (χ4n) is 1.47. The van der Waals surface area contributed by atoms with E-state index in [4.69, 9.17) is 14.6 Å². The van der Waals surface area contributed by atoms with Crippen molar-refractivity contribution < 1.29 is 24.2 Å². The molecule has 1 aromatic rings. The van der Waals surface area contributed by atoms with Crippen molar-refractivity contribution in [2.45, 2.75) is 26.0 Å². The monoisotopic (exact) mass is 281 g/mol. The molecule has 6 nitrogen and oxygen atoms in total. The SMILES string of the molecule is CC(C)(COCC(=O)O)NC(=O)OCc1ccccc1. The highest BCUT2D eigenvalue weighted by atomic mass is 16.5. The van der Waals surface area contributed by atoms with Crippen LogP contribution < -0.4 is 5.32 Å². The Kier molecular flexibility index (Phi) is 5.99. The van der Waals surface area contributed by atoms with Gasteiger partial charge in [-0.05, 0) is 19.4 Å². The number of aliphatic carboxylic acids is 1.